The van der Waals surface area contributed by atoms with Crippen LogP contribution in [0.4, 0.5) is 10.1 Å². The van der Waals surface area contributed by atoms with E-state index in [0.717, 1.165) is 43.6 Å². The number of sulfonamides is 1. The fraction of sp³-hybridized carbons (Fsp3) is 0.348. The van der Waals surface area contributed by atoms with Gasteiger partial charge in [0, 0.05) is 24.9 Å². The maximum absolute atomic E-state index is 14.4. The van der Waals surface area contributed by atoms with E-state index in [9.17, 15) is 17.6 Å². The van der Waals surface area contributed by atoms with Gasteiger partial charge in [-0.1, -0.05) is 18.6 Å². The Balaban J connectivity index is 1.43. The molecule has 1 aliphatic rings. The second kappa shape index (κ2) is 9.80. The van der Waals surface area contributed by atoms with E-state index in [4.69, 9.17) is 0 Å². The lowest BCUT2D eigenvalue weighted by molar-refractivity contribution is -0.116. The van der Waals surface area contributed by atoms with Crippen LogP contribution in [0.2, 0.25) is 0 Å². The van der Waals surface area contributed by atoms with Gasteiger partial charge in [0.1, 0.15) is 11.6 Å². The van der Waals surface area contributed by atoms with Crippen LogP contribution in [0.3, 0.4) is 0 Å². The summed E-state index contributed by atoms with van der Waals surface area (Å²) in [5.74, 6) is 0.757. The minimum Gasteiger partial charge on any atom is -0.324 e. The fourth-order valence-corrected chi connectivity index (χ4v) is 4.61. The molecule has 0 atom stereocenters. The van der Waals surface area contributed by atoms with Crippen molar-refractivity contribution in [3.63, 3.8) is 0 Å². The minimum absolute atomic E-state index is 0.0962. The summed E-state index contributed by atoms with van der Waals surface area (Å²) in [6.07, 6.45) is 4.66. The summed E-state index contributed by atoms with van der Waals surface area (Å²) < 4.78 is 42.3. The van der Waals surface area contributed by atoms with Crippen molar-refractivity contribution in [2.75, 3.05) is 12.4 Å². The highest BCUT2D eigenvalue weighted by Gasteiger charge is 2.18. The van der Waals surface area contributed by atoms with Crippen LogP contribution in [-0.4, -0.2) is 36.1 Å². The summed E-state index contributed by atoms with van der Waals surface area (Å²) in [6, 6.07) is 10.9. The predicted molar refractivity (Wildman–Crippen MR) is 123 cm³/mol. The highest BCUT2D eigenvalue weighted by Crippen LogP contribution is 2.26. The van der Waals surface area contributed by atoms with E-state index in [1.54, 1.807) is 24.3 Å². The van der Waals surface area contributed by atoms with Crippen molar-refractivity contribution < 1.29 is 17.6 Å². The van der Waals surface area contributed by atoms with Gasteiger partial charge in [-0.05, 0) is 62.2 Å². The van der Waals surface area contributed by atoms with Crippen LogP contribution in [0, 0.1) is 5.82 Å². The number of rotatable bonds is 7. The topological polar surface area (TPSA) is 106 Å². The summed E-state index contributed by atoms with van der Waals surface area (Å²) >= 11 is 0. The lowest BCUT2D eigenvalue weighted by Crippen LogP contribution is -2.18. The molecule has 4 rings (SSSR count). The second-order valence-corrected chi connectivity index (χ2v) is 9.88. The number of carbonyl (C=O) groups excluding carboxylic acids is 1. The zero-order valence-electron chi connectivity index (χ0n) is 18.3. The molecular weight excluding hydrogens is 445 g/mol. The molecule has 2 aromatic carbocycles. The highest BCUT2D eigenvalue weighted by molar-refractivity contribution is 7.89. The van der Waals surface area contributed by atoms with Crippen molar-refractivity contribution in [1.29, 1.82) is 0 Å². The van der Waals surface area contributed by atoms with Crippen molar-refractivity contribution in [3.05, 3.63) is 59.7 Å². The summed E-state index contributed by atoms with van der Waals surface area (Å²) in [5.41, 5.74) is 1.60. The monoisotopic (exact) mass is 471 g/mol. The maximum atomic E-state index is 14.4. The highest BCUT2D eigenvalue weighted by atomic mass is 32.2. The number of aryl methyl sites for hydroxylation is 2. The van der Waals surface area contributed by atoms with Gasteiger partial charge in [0.15, 0.2) is 5.82 Å². The van der Waals surface area contributed by atoms with E-state index in [0.29, 0.717) is 17.8 Å². The smallest absolute Gasteiger partial charge is 0.240 e. The van der Waals surface area contributed by atoms with Crippen molar-refractivity contribution in [2.24, 2.45) is 0 Å². The zero-order valence-corrected chi connectivity index (χ0v) is 19.2. The molecule has 0 spiro atoms. The third kappa shape index (κ3) is 5.28. The number of amides is 1. The van der Waals surface area contributed by atoms with Crippen LogP contribution in [0.1, 0.15) is 37.1 Å². The molecule has 3 aromatic rings. The molecule has 174 valence electrons. The van der Waals surface area contributed by atoms with Crippen molar-refractivity contribution in [3.8, 4) is 11.4 Å². The molecule has 1 aliphatic heterocycles. The number of benzene rings is 2. The molecule has 0 aliphatic carbocycles. The van der Waals surface area contributed by atoms with Crippen LogP contribution in [-0.2, 0) is 34.2 Å². The lowest BCUT2D eigenvalue weighted by Gasteiger charge is -2.11. The van der Waals surface area contributed by atoms with Gasteiger partial charge in [-0.2, -0.15) is 0 Å². The molecular formula is C23H26FN5O3S. The zero-order chi connectivity index (χ0) is 23.4. The Morgan fingerprint density at radius 3 is 2.64 bits per heavy atom. The molecule has 0 unspecified atom stereocenters. The number of hydrogen-bond donors (Lipinski definition) is 2. The third-order valence-corrected chi connectivity index (χ3v) is 7.18. The molecule has 0 saturated heterocycles. The summed E-state index contributed by atoms with van der Waals surface area (Å²) in [6.45, 7) is 0.825. The minimum atomic E-state index is -3.50. The Labute approximate surface area is 192 Å². The maximum Gasteiger partial charge on any atom is 0.240 e. The molecule has 0 bridgehead atoms. The van der Waals surface area contributed by atoms with Gasteiger partial charge < -0.3 is 9.88 Å². The number of carbonyl (C=O) groups is 1. The summed E-state index contributed by atoms with van der Waals surface area (Å²) in [4.78, 5) is 12.6. The van der Waals surface area contributed by atoms with Gasteiger partial charge in [0.05, 0.1) is 10.6 Å². The molecule has 10 heteroatoms. The number of nitrogens with one attached hydrogen (secondary N) is 2. The normalized spacial score (nSPS) is 13.9. The van der Waals surface area contributed by atoms with Crippen LogP contribution in [0.5, 0.6) is 0 Å². The van der Waals surface area contributed by atoms with Gasteiger partial charge in [0.2, 0.25) is 15.9 Å². The van der Waals surface area contributed by atoms with E-state index in [-0.39, 0.29) is 22.9 Å². The first-order valence-corrected chi connectivity index (χ1v) is 12.4. The third-order valence-electron chi connectivity index (χ3n) is 5.75. The van der Waals surface area contributed by atoms with Crippen molar-refractivity contribution >= 4 is 21.6 Å². The van der Waals surface area contributed by atoms with Crippen LogP contribution < -0.4 is 10.0 Å². The van der Waals surface area contributed by atoms with Gasteiger partial charge in [0.25, 0.3) is 0 Å². The number of fused-ring (bicyclic) bond motifs is 1. The largest absolute Gasteiger partial charge is 0.324 e. The first-order valence-electron chi connectivity index (χ1n) is 10.9. The summed E-state index contributed by atoms with van der Waals surface area (Å²) in [5, 5.41) is 11.2. The first kappa shape index (κ1) is 23.1. The van der Waals surface area contributed by atoms with E-state index in [1.807, 2.05) is 0 Å². The van der Waals surface area contributed by atoms with Gasteiger partial charge in [-0.15, -0.1) is 10.2 Å². The van der Waals surface area contributed by atoms with Gasteiger partial charge in [-0.3, -0.25) is 4.79 Å². The molecule has 0 radical (unpaired) electrons. The average molecular weight is 472 g/mol. The molecule has 2 N–H and O–H groups in total. The Morgan fingerprint density at radius 2 is 1.88 bits per heavy atom. The standard InChI is InChI=1S/C23H26FN5O3S/c1-25-33(31,32)18-10-6-16(7-11-18)8-13-22(30)26-20-15-17(9-12-19(20)24)23-28-27-21-5-3-2-4-14-29(21)23/h6-7,9-12,15,25H,2-5,8,13-14H2,1H3,(H,26,30). The van der Waals surface area contributed by atoms with Crippen LogP contribution >= 0.6 is 0 Å². The molecule has 0 saturated carbocycles. The Bertz CT molecular complexity index is 1260. The van der Waals surface area contributed by atoms with Crippen molar-refractivity contribution in [1.82, 2.24) is 19.5 Å². The number of aromatic nitrogens is 3. The molecule has 0 fully saturated rings. The van der Waals surface area contributed by atoms with Crippen molar-refractivity contribution in [2.45, 2.75) is 50.0 Å². The molecule has 33 heavy (non-hydrogen) atoms. The fourth-order valence-electron chi connectivity index (χ4n) is 3.88. The Hall–Kier alpha value is -3.11. The molecule has 1 aromatic heterocycles. The van der Waals surface area contributed by atoms with Crippen LogP contribution in [0.25, 0.3) is 11.4 Å². The SMILES string of the molecule is CNS(=O)(=O)c1ccc(CCC(=O)Nc2cc(-c3nnc4n3CCCCC4)ccc2F)cc1. The van der Waals surface area contributed by atoms with Gasteiger partial charge in [-0.25, -0.2) is 17.5 Å². The molecule has 1 amide bonds. The first-order chi connectivity index (χ1) is 15.9. The number of halogens is 1. The van der Waals surface area contributed by atoms with E-state index in [1.165, 1.54) is 25.2 Å². The molecule has 2 heterocycles. The van der Waals surface area contributed by atoms with Crippen LogP contribution in [0.15, 0.2) is 47.4 Å². The Morgan fingerprint density at radius 1 is 1.09 bits per heavy atom. The van der Waals surface area contributed by atoms with E-state index in [2.05, 4.69) is 24.8 Å². The number of nitrogens with zero attached hydrogens (tertiary/aromatic N) is 3. The average Bonchev–Trinajstić information content (AvgIpc) is 3.07. The number of hydrogen-bond acceptors (Lipinski definition) is 5. The van der Waals surface area contributed by atoms with E-state index >= 15 is 0 Å². The molecule has 8 nitrogen and oxygen atoms in total. The predicted octanol–water partition coefficient (Wildman–Crippen LogP) is 3.29. The second-order valence-electron chi connectivity index (χ2n) is 8.00. The quantitative estimate of drug-likeness (QED) is 0.550. The lowest BCUT2D eigenvalue weighted by atomic mass is 10.1. The van der Waals surface area contributed by atoms with E-state index < -0.39 is 15.8 Å². The van der Waals surface area contributed by atoms with Gasteiger partial charge >= 0.3 is 0 Å². The number of anilines is 1. The summed E-state index contributed by atoms with van der Waals surface area (Å²) in [7, 11) is -2.16. The Kier molecular flexibility index (Phi) is 6.85.